The van der Waals surface area contributed by atoms with Crippen LogP contribution in [0, 0.1) is 0 Å². The smallest absolute Gasteiger partial charge is 0.251 e. The first-order valence-electron chi connectivity index (χ1n) is 8.53. The van der Waals surface area contributed by atoms with E-state index in [4.69, 9.17) is 18.7 Å². The summed E-state index contributed by atoms with van der Waals surface area (Å²) < 4.78 is 22.9. The molecule has 0 aliphatic carbocycles. The highest BCUT2D eigenvalue weighted by molar-refractivity contribution is 5.60. The normalized spacial score (nSPS) is 13.3. The number of hydrogen-bond acceptors (Lipinski definition) is 7. The second-order valence-electron chi connectivity index (χ2n) is 6.17. The van der Waals surface area contributed by atoms with Crippen molar-refractivity contribution in [3.8, 4) is 22.9 Å². The fourth-order valence-corrected chi connectivity index (χ4v) is 3.07. The molecule has 8 heteroatoms. The largest absolute Gasteiger partial charge is 0.493 e. The van der Waals surface area contributed by atoms with E-state index in [1.807, 2.05) is 6.07 Å². The van der Waals surface area contributed by atoms with Gasteiger partial charge in [0.15, 0.2) is 11.5 Å². The van der Waals surface area contributed by atoms with Gasteiger partial charge in [0.1, 0.15) is 6.54 Å². The van der Waals surface area contributed by atoms with Gasteiger partial charge in [-0.25, -0.2) is 0 Å². The predicted octanol–water partition coefficient (Wildman–Crippen LogP) is 2.04. The van der Waals surface area contributed by atoms with Crippen molar-refractivity contribution in [1.29, 1.82) is 0 Å². The predicted molar refractivity (Wildman–Crippen MR) is 96.0 cm³/mol. The number of nitrogens with zero attached hydrogens (tertiary/aromatic N) is 3. The Kier molecular flexibility index (Phi) is 4.64. The van der Waals surface area contributed by atoms with Gasteiger partial charge < -0.3 is 23.3 Å². The summed E-state index contributed by atoms with van der Waals surface area (Å²) in [5, 5.41) is 4.01. The molecule has 0 amide bonds. The van der Waals surface area contributed by atoms with Crippen molar-refractivity contribution < 1.29 is 18.7 Å². The van der Waals surface area contributed by atoms with Crippen LogP contribution in [0.1, 0.15) is 17.0 Å². The van der Waals surface area contributed by atoms with Crippen molar-refractivity contribution in [2.75, 3.05) is 20.8 Å². The van der Waals surface area contributed by atoms with Gasteiger partial charge in [0, 0.05) is 17.8 Å². The molecule has 3 aromatic rings. The molecule has 8 nitrogen and oxygen atoms in total. The first kappa shape index (κ1) is 17.3. The third kappa shape index (κ3) is 3.43. The molecule has 4 rings (SSSR count). The molecule has 3 heterocycles. The highest BCUT2D eigenvalue weighted by atomic mass is 16.5. The van der Waals surface area contributed by atoms with Crippen LogP contribution in [-0.4, -0.2) is 35.5 Å². The summed E-state index contributed by atoms with van der Waals surface area (Å²) in [6, 6.07) is 7.02. The van der Waals surface area contributed by atoms with Crippen LogP contribution in [0.5, 0.6) is 11.5 Å². The van der Waals surface area contributed by atoms with Crippen molar-refractivity contribution >= 4 is 0 Å². The van der Waals surface area contributed by atoms with Gasteiger partial charge in [-0.05, 0) is 35.7 Å². The Bertz CT molecular complexity index is 1020. The monoisotopic (exact) mass is 369 g/mol. The molecule has 1 aliphatic rings. The molecular weight excluding hydrogens is 350 g/mol. The first-order chi connectivity index (χ1) is 13.2. The van der Waals surface area contributed by atoms with E-state index in [2.05, 4.69) is 10.1 Å². The number of ether oxygens (including phenoxy) is 3. The zero-order valence-electron chi connectivity index (χ0n) is 15.1. The molecule has 27 heavy (non-hydrogen) atoms. The van der Waals surface area contributed by atoms with Crippen molar-refractivity contribution in [3.05, 3.63) is 57.8 Å². The van der Waals surface area contributed by atoms with E-state index < -0.39 is 0 Å². The Hall–Kier alpha value is -3.13. The van der Waals surface area contributed by atoms with Gasteiger partial charge >= 0.3 is 0 Å². The Balaban J connectivity index is 1.59. The second kappa shape index (κ2) is 7.24. The maximum Gasteiger partial charge on any atom is 0.251 e. The molecule has 1 aromatic carbocycles. The lowest BCUT2D eigenvalue weighted by Gasteiger charge is -2.17. The van der Waals surface area contributed by atoms with Gasteiger partial charge in [0.25, 0.3) is 5.56 Å². The number of pyridine rings is 1. The first-order valence-corrected chi connectivity index (χ1v) is 8.53. The number of methoxy groups -OCH3 is 2. The fraction of sp³-hybridized carbons (Fsp3) is 0.316. The molecule has 0 unspecified atom stereocenters. The maximum absolute atomic E-state index is 12.3. The van der Waals surface area contributed by atoms with Crippen LogP contribution in [0.4, 0.5) is 0 Å². The molecule has 0 saturated carbocycles. The van der Waals surface area contributed by atoms with Gasteiger partial charge in [-0.1, -0.05) is 5.16 Å². The minimum absolute atomic E-state index is 0.0958. The average molecular weight is 369 g/mol. The van der Waals surface area contributed by atoms with Crippen molar-refractivity contribution in [3.63, 3.8) is 0 Å². The lowest BCUT2D eigenvalue weighted by Crippen LogP contribution is -2.24. The summed E-state index contributed by atoms with van der Waals surface area (Å²) in [7, 11) is 3.14. The number of fused-ring (bicyclic) bond motifs is 1. The topological polar surface area (TPSA) is 88.6 Å². The summed E-state index contributed by atoms with van der Waals surface area (Å²) in [4.78, 5) is 16.7. The summed E-state index contributed by atoms with van der Waals surface area (Å²) in [6.07, 6.45) is 2.56. The molecule has 0 spiro atoms. The van der Waals surface area contributed by atoms with E-state index in [9.17, 15) is 4.79 Å². The van der Waals surface area contributed by atoms with Gasteiger partial charge in [-0.3, -0.25) is 4.79 Å². The molecule has 140 valence electrons. The molecule has 0 fully saturated rings. The fourth-order valence-electron chi connectivity index (χ4n) is 3.07. The Morgan fingerprint density at radius 1 is 1.15 bits per heavy atom. The molecule has 2 aromatic heterocycles. The molecule has 0 bridgehead atoms. The Morgan fingerprint density at radius 3 is 2.81 bits per heavy atom. The van der Waals surface area contributed by atoms with E-state index in [1.165, 1.54) is 0 Å². The lowest BCUT2D eigenvalue weighted by molar-refractivity contribution is 0.110. The Morgan fingerprint density at radius 2 is 2.00 bits per heavy atom. The van der Waals surface area contributed by atoms with E-state index in [1.54, 1.807) is 43.2 Å². The lowest BCUT2D eigenvalue weighted by atomic mass is 10.1. The van der Waals surface area contributed by atoms with Crippen LogP contribution in [0.3, 0.4) is 0 Å². The third-order valence-corrected chi connectivity index (χ3v) is 4.49. The zero-order chi connectivity index (χ0) is 18.8. The molecule has 0 saturated heterocycles. The number of aromatic nitrogens is 3. The van der Waals surface area contributed by atoms with Gasteiger partial charge in [0.2, 0.25) is 11.7 Å². The number of hydrogen-bond donors (Lipinski definition) is 0. The zero-order valence-corrected chi connectivity index (χ0v) is 15.1. The van der Waals surface area contributed by atoms with Gasteiger partial charge in [-0.2, -0.15) is 4.98 Å². The number of rotatable bonds is 5. The maximum atomic E-state index is 12.3. The van der Waals surface area contributed by atoms with E-state index in [0.717, 1.165) is 23.1 Å². The Labute approximate surface area is 155 Å². The van der Waals surface area contributed by atoms with Crippen LogP contribution in [-0.2, 0) is 24.3 Å². The van der Waals surface area contributed by atoms with Crippen molar-refractivity contribution in [2.24, 2.45) is 0 Å². The molecular formula is C19H19N3O5. The molecule has 0 N–H and O–H groups in total. The average Bonchev–Trinajstić information content (AvgIpc) is 3.16. The molecule has 1 aliphatic heterocycles. The third-order valence-electron chi connectivity index (χ3n) is 4.49. The second-order valence-corrected chi connectivity index (χ2v) is 6.17. The SMILES string of the molecule is COc1ccc(-c2noc(Cn3cc4c(cc3=O)CCOC4)n2)cc1OC. The summed E-state index contributed by atoms with van der Waals surface area (Å²) >= 11 is 0. The van der Waals surface area contributed by atoms with Crippen LogP contribution in [0.25, 0.3) is 11.4 Å². The highest BCUT2D eigenvalue weighted by Gasteiger charge is 2.15. The summed E-state index contributed by atoms with van der Waals surface area (Å²) in [5.41, 5.74) is 2.69. The number of benzene rings is 1. The quantitative estimate of drug-likeness (QED) is 0.680. The molecule has 0 atom stereocenters. The van der Waals surface area contributed by atoms with E-state index in [-0.39, 0.29) is 12.1 Å². The van der Waals surface area contributed by atoms with Crippen LogP contribution >= 0.6 is 0 Å². The standard InChI is InChI=1S/C19H19N3O5/c1-24-15-4-3-13(7-16(15)25-2)19-20-17(27-21-19)10-22-9-14-11-26-6-5-12(14)8-18(22)23/h3-4,7-9H,5-6,10-11H2,1-2H3. The minimum atomic E-state index is -0.0958. The minimum Gasteiger partial charge on any atom is -0.493 e. The van der Waals surface area contributed by atoms with Gasteiger partial charge in [0.05, 0.1) is 27.4 Å². The summed E-state index contributed by atoms with van der Waals surface area (Å²) in [5.74, 6) is 1.96. The summed E-state index contributed by atoms with van der Waals surface area (Å²) in [6.45, 7) is 1.36. The van der Waals surface area contributed by atoms with Crippen LogP contribution in [0.15, 0.2) is 39.8 Å². The van der Waals surface area contributed by atoms with Gasteiger partial charge in [-0.15, -0.1) is 0 Å². The van der Waals surface area contributed by atoms with Crippen LogP contribution in [0.2, 0.25) is 0 Å². The van der Waals surface area contributed by atoms with E-state index in [0.29, 0.717) is 36.4 Å². The van der Waals surface area contributed by atoms with Crippen LogP contribution < -0.4 is 15.0 Å². The van der Waals surface area contributed by atoms with Crippen molar-refractivity contribution in [2.45, 2.75) is 19.6 Å². The van der Waals surface area contributed by atoms with Crippen molar-refractivity contribution in [1.82, 2.24) is 14.7 Å². The highest BCUT2D eigenvalue weighted by Crippen LogP contribution is 2.31. The molecule has 0 radical (unpaired) electrons. The van der Waals surface area contributed by atoms with E-state index >= 15 is 0 Å².